The third kappa shape index (κ3) is 3.39. The first-order chi connectivity index (χ1) is 11.2. The SMILES string of the molecule is CNCCc1cc(=O)oc2cc3c(cc12)CCCN3CCC[18F]. The van der Waals surface area contributed by atoms with E-state index in [1.807, 2.05) is 13.1 Å². The molecule has 4 nitrogen and oxygen atoms in total. The first kappa shape index (κ1) is 16.0. The van der Waals surface area contributed by atoms with Gasteiger partial charge >= 0.3 is 5.63 Å². The maximum absolute atomic E-state index is 12.5. The molecule has 2 aromatic rings. The molecular formula is C18H23FN2O2. The first-order valence-corrected chi connectivity index (χ1v) is 8.28. The molecule has 0 bridgehead atoms. The quantitative estimate of drug-likeness (QED) is 0.832. The molecule has 5 heteroatoms. The number of rotatable bonds is 6. The van der Waals surface area contributed by atoms with Gasteiger partial charge in [0, 0.05) is 36.3 Å². The van der Waals surface area contributed by atoms with E-state index < -0.39 is 0 Å². The highest BCUT2D eigenvalue weighted by molar-refractivity contribution is 5.86. The smallest absolute Gasteiger partial charge is 0.336 e. The van der Waals surface area contributed by atoms with Crippen LogP contribution in [0.15, 0.2) is 27.4 Å². The number of halogens is 1. The molecule has 0 saturated heterocycles. The number of benzene rings is 1. The average Bonchev–Trinajstić information content (AvgIpc) is 2.56. The van der Waals surface area contributed by atoms with Crippen molar-refractivity contribution in [3.63, 3.8) is 0 Å². The van der Waals surface area contributed by atoms with Crippen LogP contribution in [0, 0.1) is 0 Å². The van der Waals surface area contributed by atoms with Gasteiger partial charge < -0.3 is 14.6 Å². The topological polar surface area (TPSA) is 45.5 Å². The number of anilines is 1. The van der Waals surface area contributed by atoms with Crippen molar-refractivity contribution >= 4 is 16.7 Å². The summed E-state index contributed by atoms with van der Waals surface area (Å²) in [4.78, 5) is 14.0. The molecule has 2 heterocycles. The van der Waals surface area contributed by atoms with Gasteiger partial charge in [0.1, 0.15) is 5.58 Å². The van der Waals surface area contributed by atoms with Crippen molar-refractivity contribution in [3.05, 3.63) is 39.7 Å². The van der Waals surface area contributed by atoms with Gasteiger partial charge in [-0.05, 0) is 56.5 Å². The Hall–Kier alpha value is -1.88. The third-order valence-electron chi connectivity index (χ3n) is 4.45. The van der Waals surface area contributed by atoms with E-state index in [0.717, 1.165) is 49.0 Å². The summed E-state index contributed by atoms with van der Waals surface area (Å²) in [5.41, 5.74) is 3.70. The molecule has 124 valence electrons. The zero-order chi connectivity index (χ0) is 16.2. The van der Waals surface area contributed by atoms with E-state index in [9.17, 15) is 9.18 Å². The summed E-state index contributed by atoms with van der Waals surface area (Å²) in [5.74, 6) is 0. The Morgan fingerprint density at radius 2 is 2.22 bits per heavy atom. The first-order valence-electron chi connectivity index (χ1n) is 8.28. The molecule has 1 aliphatic rings. The van der Waals surface area contributed by atoms with Crippen LogP contribution in [0.2, 0.25) is 0 Å². The predicted molar refractivity (Wildman–Crippen MR) is 91.2 cm³/mol. The molecule has 0 unspecified atom stereocenters. The van der Waals surface area contributed by atoms with E-state index in [1.54, 1.807) is 6.07 Å². The zero-order valence-electron chi connectivity index (χ0n) is 13.5. The molecule has 0 radical (unpaired) electrons. The number of nitrogens with one attached hydrogen (secondary N) is 1. The molecule has 0 amide bonds. The highest BCUT2D eigenvalue weighted by Gasteiger charge is 2.19. The number of fused-ring (bicyclic) bond motifs is 2. The van der Waals surface area contributed by atoms with Crippen LogP contribution in [-0.4, -0.2) is 33.4 Å². The van der Waals surface area contributed by atoms with Crippen LogP contribution < -0.4 is 15.8 Å². The maximum atomic E-state index is 12.5. The molecule has 1 aliphatic heterocycles. The Balaban J connectivity index is 2.06. The third-order valence-corrected chi connectivity index (χ3v) is 4.45. The van der Waals surface area contributed by atoms with Crippen LogP contribution in [0.3, 0.4) is 0 Å². The van der Waals surface area contributed by atoms with Crippen LogP contribution in [0.1, 0.15) is 24.0 Å². The second-order valence-electron chi connectivity index (χ2n) is 6.05. The van der Waals surface area contributed by atoms with Crippen LogP contribution in [-0.2, 0) is 12.8 Å². The largest absolute Gasteiger partial charge is 0.423 e. The van der Waals surface area contributed by atoms with Gasteiger partial charge in [0.15, 0.2) is 0 Å². The van der Waals surface area contributed by atoms with Gasteiger partial charge in [0.25, 0.3) is 0 Å². The number of likely N-dealkylation sites (N-methyl/N-ethyl adjacent to an activating group) is 1. The fourth-order valence-corrected chi connectivity index (χ4v) is 3.33. The normalized spacial score (nSPS) is 14.3. The van der Waals surface area contributed by atoms with Crippen molar-refractivity contribution in [1.29, 1.82) is 0 Å². The summed E-state index contributed by atoms with van der Waals surface area (Å²) in [5, 5.41) is 4.14. The van der Waals surface area contributed by atoms with Gasteiger partial charge in [0.2, 0.25) is 0 Å². The van der Waals surface area contributed by atoms with Crippen LogP contribution in [0.5, 0.6) is 0 Å². The molecule has 0 saturated carbocycles. The van der Waals surface area contributed by atoms with Crippen molar-refractivity contribution in [3.8, 4) is 0 Å². The standard InChI is InChI=1S/C18H23FN2O2/c1-20-7-5-13-11-18(22)23-17-12-16-14(10-15(13)17)4-2-8-21(16)9-3-6-19/h10-12,20H,2-9H2,1H3/i19-1. The molecule has 1 aromatic heterocycles. The van der Waals surface area contributed by atoms with Crippen LogP contribution in [0.4, 0.5) is 10.1 Å². The van der Waals surface area contributed by atoms with Crippen molar-refractivity contribution < 1.29 is 8.81 Å². The minimum Gasteiger partial charge on any atom is -0.423 e. The van der Waals surface area contributed by atoms with E-state index >= 15 is 0 Å². The van der Waals surface area contributed by atoms with Gasteiger partial charge in [-0.15, -0.1) is 0 Å². The lowest BCUT2D eigenvalue weighted by atomic mass is 9.97. The van der Waals surface area contributed by atoms with Crippen LogP contribution >= 0.6 is 0 Å². The lowest BCUT2D eigenvalue weighted by Gasteiger charge is -2.31. The van der Waals surface area contributed by atoms with E-state index in [1.165, 1.54) is 5.56 Å². The fraction of sp³-hybridized carbons (Fsp3) is 0.500. The Kier molecular flexibility index (Phi) is 4.96. The second kappa shape index (κ2) is 7.13. The molecular weight excluding hydrogens is 294 g/mol. The second-order valence-corrected chi connectivity index (χ2v) is 6.05. The fourth-order valence-electron chi connectivity index (χ4n) is 3.33. The summed E-state index contributed by atoms with van der Waals surface area (Å²) in [6.45, 7) is 2.15. The van der Waals surface area contributed by atoms with Crippen molar-refractivity contribution in [2.75, 3.05) is 38.3 Å². The van der Waals surface area contributed by atoms with Gasteiger partial charge in [-0.25, -0.2) is 4.79 Å². The van der Waals surface area contributed by atoms with E-state index in [2.05, 4.69) is 16.3 Å². The minimum atomic E-state index is -0.310. The Morgan fingerprint density at radius 1 is 1.35 bits per heavy atom. The zero-order valence-corrected chi connectivity index (χ0v) is 13.5. The summed E-state index contributed by atoms with van der Waals surface area (Å²) >= 11 is 0. The molecule has 0 atom stereocenters. The Bertz CT molecular complexity index is 742. The lowest BCUT2D eigenvalue weighted by molar-refractivity contribution is 0.468. The highest BCUT2D eigenvalue weighted by Crippen LogP contribution is 2.32. The minimum absolute atomic E-state index is 0.303. The molecule has 3 rings (SSSR count). The van der Waals surface area contributed by atoms with E-state index in [0.29, 0.717) is 18.5 Å². The van der Waals surface area contributed by atoms with Gasteiger partial charge in [-0.3, -0.25) is 4.39 Å². The molecule has 1 aromatic carbocycles. The average molecular weight is 317 g/mol. The van der Waals surface area contributed by atoms with E-state index in [4.69, 9.17) is 4.42 Å². The maximum Gasteiger partial charge on any atom is 0.336 e. The van der Waals surface area contributed by atoms with Gasteiger partial charge in [-0.1, -0.05) is 0 Å². The number of aryl methyl sites for hydroxylation is 1. The molecule has 1 N–H and O–H groups in total. The summed E-state index contributed by atoms with van der Waals surface area (Å²) in [6, 6.07) is 5.71. The number of nitrogens with zero attached hydrogens (tertiary/aromatic N) is 1. The van der Waals surface area contributed by atoms with Crippen molar-refractivity contribution in [2.45, 2.75) is 25.7 Å². The van der Waals surface area contributed by atoms with Crippen molar-refractivity contribution in [2.24, 2.45) is 0 Å². The summed E-state index contributed by atoms with van der Waals surface area (Å²) < 4.78 is 17.9. The van der Waals surface area contributed by atoms with Crippen LogP contribution in [0.25, 0.3) is 11.0 Å². The lowest BCUT2D eigenvalue weighted by Crippen LogP contribution is -2.30. The molecule has 0 spiro atoms. The number of hydrogen-bond acceptors (Lipinski definition) is 4. The predicted octanol–water partition coefficient (Wildman–Crippen LogP) is 2.67. The molecule has 0 fully saturated rings. The molecule has 0 aliphatic carbocycles. The van der Waals surface area contributed by atoms with Gasteiger partial charge in [0.05, 0.1) is 6.67 Å². The highest BCUT2D eigenvalue weighted by atomic mass is 18.2. The molecule has 23 heavy (non-hydrogen) atoms. The Labute approximate surface area is 135 Å². The Morgan fingerprint density at radius 3 is 3.00 bits per heavy atom. The summed E-state index contributed by atoms with van der Waals surface area (Å²) in [7, 11) is 1.90. The number of hydrogen-bond donors (Lipinski definition) is 1. The monoisotopic (exact) mass is 317 g/mol. The summed E-state index contributed by atoms with van der Waals surface area (Å²) in [6.07, 6.45) is 3.42. The van der Waals surface area contributed by atoms with Crippen molar-refractivity contribution in [1.82, 2.24) is 5.32 Å². The van der Waals surface area contributed by atoms with E-state index in [-0.39, 0.29) is 12.3 Å². The number of alkyl halides is 1. The van der Waals surface area contributed by atoms with Gasteiger partial charge in [-0.2, -0.15) is 0 Å².